The molecule has 4 heterocycles. The van der Waals surface area contributed by atoms with Crippen LogP contribution in [0.15, 0.2) is 18.3 Å². The molecule has 0 aromatic carbocycles. The van der Waals surface area contributed by atoms with Crippen LogP contribution in [0.3, 0.4) is 0 Å². The summed E-state index contributed by atoms with van der Waals surface area (Å²) >= 11 is 2.08. The maximum absolute atomic E-state index is 4.96. The Morgan fingerprint density at radius 2 is 2.24 bits per heavy atom. The van der Waals surface area contributed by atoms with Gasteiger partial charge in [0.1, 0.15) is 11.3 Å². The summed E-state index contributed by atoms with van der Waals surface area (Å²) in [4.78, 5) is 9.60. The van der Waals surface area contributed by atoms with Crippen molar-refractivity contribution in [2.75, 3.05) is 18.8 Å². The Morgan fingerprint density at radius 1 is 1.24 bits per heavy atom. The van der Waals surface area contributed by atoms with Gasteiger partial charge in [-0.25, -0.2) is 9.97 Å². The fraction of sp³-hybridized carbons (Fsp3) is 0.625. The van der Waals surface area contributed by atoms with Gasteiger partial charge in [0.25, 0.3) is 0 Å². The van der Waals surface area contributed by atoms with Gasteiger partial charge in [-0.3, -0.25) is 0 Å². The van der Waals surface area contributed by atoms with Crippen molar-refractivity contribution < 1.29 is 0 Å². The fourth-order valence-electron chi connectivity index (χ4n) is 3.53. The van der Waals surface area contributed by atoms with Gasteiger partial charge in [-0.15, -0.1) is 0 Å². The average Bonchev–Trinajstić information content (AvgIpc) is 2.96. The lowest BCUT2D eigenvalue weighted by Gasteiger charge is -2.29. The maximum Gasteiger partial charge on any atom is 0.160 e. The van der Waals surface area contributed by atoms with E-state index >= 15 is 0 Å². The summed E-state index contributed by atoms with van der Waals surface area (Å²) in [5.74, 6) is 2.53. The second kappa shape index (κ2) is 5.97. The first-order chi connectivity index (χ1) is 10.4. The fourth-order valence-corrected chi connectivity index (χ4v) is 4.84. The summed E-state index contributed by atoms with van der Waals surface area (Å²) in [5, 5.41) is 4.09. The Bertz CT molecular complexity index is 612. The molecule has 0 amide bonds. The molecule has 2 fully saturated rings. The highest BCUT2D eigenvalue weighted by molar-refractivity contribution is 7.99. The van der Waals surface area contributed by atoms with Crippen LogP contribution in [0.1, 0.15) is 49.2 Å². The molecular formula is C16H22N4S. The van der Waals surface area contributed by atoms with E-state index in [4.69, 9.17) is 4.98 Å². The zero-order valence-corrected chi connectivity index (χ0v) is 13.1. The maximum atomic E-state index is 4.96. The van der Waals surface area contributed by atoms with Crippen LogP contribution in [0.5, 0.6) is 0 Å². The molecule has 4 nitrogen and oxygen atoms in total. The molecule has 2 aliphatic rings. The topological polar surface area (TPSA) is 42.7 Å². The monoisotopic (exact) mass is 302 g/mol. The normalized spacial score (nSPS) is 27.0. The number of nitrogens with zero attached hydrogens (tertiary/aromatic N) is 3. The lowest BCUT2D eigenvalue weighted by Crippen LogP contribution is -2.32. The Balaban J connectivity index is 1.79. The highest BCUT2D eigenvalue weighted by atomic mass is 32.2. The molecule has 112 valence electrons. The van der Waals surface area contributed by atoms with Crippen molar-refractivity contribution >= 4 is 22.9 Å². The summed E-state index contributed by atoms with van der Waals surface area (Å²) in [5.41, 5.74) is 2.14. The molecule has 4 rings (SSSR count). The Morgan fingerprint density at radius 3 is 3.05 bits per heavy atom. The van der Waals surface area contributed by atoms with Crippen LogP contribution in [0.4, 0.5) is 0 Å². The van der Waals surface area contributed by atoms with E-state index in [0.717, 1.165) is 24.3 Å². The molecule has 0 spiro atoms. The zero-order chi connectivity index (χ0) is 14.1. The molecule has 2 atom stereocenters. The molecule has 2 aromatic heterocycles. The average molecular weight is 302 g/mol. The van der Waals surface area contributed by atoms with E-state index in [1.54, 1.807) is 0 Å². The molecule has 2 aliphatic heterocycles. The minimum atomic E-state index is 0.510. The third kappa shape index (κ3) is 2.57. The van der Waals surface area contributed by atoms with E-state index in [1.807, 2.05) is 12.3 Å². The summed E-state index contributed by atoms with van der Waals surface area (Å²) < 4.78 is 2.45. The number of thioether (sulfide) groups is 1. The molecule has 2 aromatic rings. The first kappa shape index (κ1) is 13.6. The smallest absolute Gasteiger partial charge is 0.160 e. The summed E-state index contributed by atoms with van der Waals surface area (Å²) in [6, 6.07) is 4.61. The second-order valence-corrected chi connectivity index (χ2v) is 7.35. The predicted molar refractivity (Wildman–Crippen MR) is 87.7 cm³/mol. The summed E-state index contributed by atoms with van der Waals surface area (Å²) in [6.45, 7) is 2.19. The Hall–Kier alpha value is -1.07. The summed E-state index contributed by atoms with van der Waals surface area (Å²) in [6.07, 6.45) is 8.32. The number of hydrogen-bond acceptors (Lipinski definition) is 4. The lowest BCUT2D eigenvalue weighted by atomic mass is 10.1. The van der Waals surface area contributed by atoms with Crippen LogP contribution in [0.2, 0.25) is 0 Å². The third-order valence-electron chi connectivity index (χ3n) is 4.58. The van der Waals surface area contributed by atoms with Crippen molar-refractivity contribution in [3.63, 3.8) is 0 Å². The molecule has 2 saturated heterocycles. The quantitative estimate of drug-likeness (QED) is 0.924. The largest absolute Gasteiger partial charge is 0.315 e. The van der Waals surface area contributed by atoms with Crippen molar-refractivity contribution in [3.8, 4) is 0 Å². The highest BCUT2D eigenvalue weighted by Crippen LogP contribution is 2.40. The van der Waals surface area contributed by atoms with Gasteiger partial charge in [0, 0.05) is 18.8 Å². The number of hydrogen-bond donors (Lipinski definition) is 1. The number of piperidine rings is 1. The first-order valence-corrected chi connectivity index (χ1v) is 9.13. The SMILES string of the molecule is c1cnc2c(c1)nc(C1CCCCS1)n2C1CCCNC1. The number of nitrogens with one attached hydrogen (secondary N) is 1. The van der Waals surface area contributed by atoms with Gasteiger partial charge in [0.05, 0.1) is 5.25 Å². The molecule has 0 radical (unpaired) electrons. The number of fused-ring (bicyclic) bond motifs is 1. The molecule has 5 heteroatoms. The standard InChI is InChI=1S/C16H22N4S/c1-2-10-21-14(7-1)16-19-13-6-4-9-18-15(13)20(16)12-5-3-8-17-11-12/h4,6,9,12,14,17H,1-3,5,7-8,10-11H2. The molecule has 21 heavy (non-hydrogen) atoms. The Kier molecular flexibility index (Phi) is 3.86. The minimum Gasteiger partial charge on any atom is -0.315 e. The molecule has 1 N–H and O–H groups in total. The van der Waals surface area contributed by atoms with Gasteiger partial charge >= 0.3 is 0 Å². The van der Waals surface area contributed by atoms with Crippen molar-refractivity contribution in [1.29, 1.82) is 0 Å². The predicted octanol–water partition coefficient (Wildman–Crippen LogP) is 3.31. The van der Waals surface area contributed by atoms with Crippen molar-refractivity contribution in [2.45, 2.75) is 43.4 Å². The van der Waals surface area contributed by atoms with Gasteiger partial charge in [0.2, 0.25) is 0 Å². The second-order valence-electron chi connectivity index (χ2n) is 6.04. The molecule has 2 unspecified atom stereocenters. The number of rotatable bonds is 2. The van der Waals surface area contributed by atoms with Crippen molar-refractivity contribution in [1.82, 2.24) is 19.9 Å². The number of imidazole rings is 1. The Labute approximate surface area is 129 Å². The van der Waals surface area contributed by atoms with Crippen LogP contribution in [0.25, 0.3) is 11.2 Å². The van der Waals surface area contributed by atoms with E-state index in [9.17, 15) is 0 Å². The number of aromatic nitrogens is 3. The number of pyridine rings is 1. The molecule has 0 bridgehead atoms. The minimum absolute atomic E-state index is 0.510. The van der Waals surface area contributed by atoms with E-state index < -0.39 is 0 Å². The first-order valence-electron chi connectivity index (χ1n) is 8.08. The zero-order valence-electron chi connectivity index (χ0n) is 12.3. The van der Waals surface area contributed by atoms with E-state index in [0.29, 0.717) is 11.3 Å². The van der Waals surface area contributed by atoms with E-state index in [2.05, 4.69) is 32.7 Å². The van der Waals surface area contributed by atoms with E-state index in [-0.39, 0.29) is 0 Å². The van der Waals surface area contributed by atoms with Crippen LogP contribution >= 0.6 is 11.8 Å². The van der Waals surface area contributed by atoms with Crippen molar-refractivity contribution in [2.24, 2.45) is 0 Å². The molecular weight excluding hydrogens is 280 g/mol. The van der Waals surface area contributed by atoms with Gasteiger partial charge < -0.3 is 9.88 Å². The van der Waals surface area contributed by atoms with E-state index in [1.165, 1.54) is 43.7 Å². The van der Waals surface area contributed by atoms with Gasteiger partial charge in [0.15, 0.2) is 5.65 Å². The van der Waals surface area contributed by atoms with Gasteiger partial charge in [-0.1, -0.05) is 6.42 Å². The third-order valence-corrected chi connectivity index (χ3v) is 5.95. The molecule has 0 saturated carbocycles. The summed E-state index contributed by atoms with van der Waals surface area (Å²) in [7, 11) is 0. The van der Waals surface area contributed by atoms with Crippen LogP contribution < -0.4 is 5.32 Å². The highest BCUT2D eigenvalue weighted by Gasteiger charge is 2.27. The lowest BCUT2D eigenvalue weighted by molar-refractivity contribution is 0.367. The van der Waals surface area contributed by atoms with Crippen LogP contribution in [0, 0.1) is 0 Å². The van der Waals surface area contributed by atoms with Gasteiger partial charge in [-0.05, 0) is 50.1 Å². The van der Waals surface area contributed by atoms with Crippen LogP contribution in [-0.4, -0.2) is 33.4 Å². The molecule has 0 aliphatic carbocycles. The van der Waals surface area contributed by atoms with Crippen molar-refractivity contribution in [3.05, 3.63) is 24.2 Å². The van der Waals surface area contributed by atoms with Gasteiger partial charge in [-0.2, -0.15) is 11.8 Å². The van der Waals surface area contributed by atoms with Crippen LogP contribution in [-0.2, 0) is 0 Å².